The van der Waals surface area contributed by atoms with Gasteiger partial charge in [0.1, 0.15) is 6.33 Å². The summed E-state index contributed by atoms with van der Waals surface area (Å²) < 4.78 is 1.72. The average Bonchev–Trinajstić information content (AvgIpc) is 3.23. The van der Waals surface area contributed by atoms with Gasteiger partial charge >= 0.3 is 0 Å². The maximum absolute atomic E-state index is 12.6. The van der Waals surface area contributed by atoms with Crippen LogP contribution in [0.25, 0.3) is 16.9 Å². The molecule has 1 atom stereocenters. The van der Waals surface area contributed by atoms with Crippen molar-refractivity contribution < 1.29 is 4.79 Å². The number of carbonyl (C=O) groups is 1. The minimum Gasteiger partial charge on any atom is -0.350 e. The summed E-state index contributed by atoms with van der Waals surface area (Å²) in [7, 11) is 0. The number of nitrogens with zero attached hydrogens (tertiary/aromatic N) is 4. The third-order valence-corrected chi connectivity index (χ3v) is 5.49. The Morgan fingerprint density at radius 3 is 2.47 bits per heavy atom. The van der Waals surface area contributed by atoms with Gasteiger partial charge in [-0.15, -0.1) is 0 Å². The van der Waals surface area contributed by atoms with Gasteiger partial charge in [-0.25, -0.2) is 9.50 Å². The number of carbonyl (C=O) groups excluding carboxylic acids is 1. The average molecular weight is 399 g/mol. The molecule has 2 aromatic carbocycles. The van der Waals surface area contributed by atoms with Crippen molar-refractivity contribution >= 4 is 11.7 Å². The van der Waals surface area contributed by atoms with Gasteiger partial charge in [-0.2, -0.15) is 10.1 Å². The third-order valence-electron chi connectivity index (χ3n) is 5.49. The Labute approximate surface area is 176 Å². The molecule has 0 aliphatic rings. The van der Waals surface area contributed by atoms with Gasteiger partial charge in [0, 0.05) is 17.8 Å². The number of hydrogen-bond acceptors (Lipinski definition) is 4. The van der Waals surface area contributed by atoms with Gasteiger partial charge in [0.25, 0.3) is 5.78 Å². The second-order valence-electron chi connectivity index (χ2n) is 7.51. The Bertz CT molecular complexity index is 1170. The number of rotatable bonds is 6. The first-order chi connectivity index (χ1) is 14.5. The van der Waals surface area contributed by atoms with Crippen LogP contribution in [0, 0.1) is 13.8 Å². The van der Waals surface area contributed by atoms with E-state index >= 15 is 0 Å². The van der Waals surface area contributed by atoms with E-state index in [-0.39, 0.29) is 11.9 Å². The Kier molecular flexibility index (Phi) is 5.57. The maximum Gasteiger partial charge on any atom is 0.252 e. The van der Waals surface area contributed by atoms with Crippen LogP contribution < -0.4 is 5.32 Å². The zero-order chi connectivity index (χ0) is 21.1. The second-order valence-corrected chi connectivity index (χ2v) is 7.51. The third kappa shape index (κ3) is 4.08. The standard InChI is InChI=1S/C24H25N5O/c1-16(19-9-11-21(12-10-19)20-7-5-4-6-8-20)27-23(30)14-13-22-17(2)28-24-25-15-26-29(24)18(22)3/h4-12,15-16H,13-14H2,1-3H3,(H,27,30)/t16-/m0/s1. The van der Waals surface area contributed by atoms with E-state index in [1.807, 2.05) is 39.0 Å². The molecule has 2 heterocycles. The molecule has 0 bridgehead atoms. The number of aryl methyl sites for hydroxylation is 2. The van der Waals surface area contributed by atoms with Gasteiger partial charge in [-0.3, -0.25) is 4.79 Å². The molecule has 4 aromatic rings. The van der Waals surface area contributed by atoms with E-state index in [9.17, 15) is 4.79 Å². The van der Waals surface area contributed by atoms with Gasteiger partial charge in [-0.1, -0.05) is 54.6 Å². The molecular formula is C24H25N5O. The van der Waals surface area contributed by atoms with Crippen molar-refractivity contribution in [2.45, 2.75) is 39.7 Å². The fraction of sp³-hybridized carbons (Fsp3) is 0.250. The van der Waals surface area contributed by atoms with Crippen molar-refractivity contribution in [2.75, 3.05) is 0 Å². The van der Waals surface area contributed by atoms with E-state index in [0.717, 1.165) is 22.5 Å². The van der Waals surface area contributed by atoms with Crippen LogP contribution in [0.5, 0.6) is 0 Å². The first-order valence-corrected chi connectivity index (χ1v) is 10.1. The summed E-state index contributed by atoms with van der Waals surface area (Å²) in [6, 6.07) is 18.5. The van der Waals surface area contributed by atoms with Crippen molar-refractivity contribution in [3.63, 3.8) is 0 Å². The molecule has 0 fully saturated rings. The fourth-order valence-electron chi connectivity index (χ4n) is 3.75. The molecule has 0 spiro atoms. The molecule has 0 saturated heterocycles. The Morgan fingerprint density at radius 2 is 1.73 bits per heavy atom. The topological polar surface area (TPSA) is 72.2 Å². The maximum atomic E-state index is 12.6. The minimum absolute atomic E-state index is 0.0205. The van der Waals surface area contributed by atoms with Crippen molar-refractivity contribution in [1.29, 1.82) is 0 Å². The summed E-state index contributed by atoms with van der Waals surface area (Å²) in [6.45, 7) is 5.95. The molecule has 0 unspecified atom stereocenters. The smallest absolute Gasteiger partial charge is 0.252 e. The number of nitrogens with one attached hydrogen (secondary N) is 1. The zero-order valence-corrected chi connectivity index (χ0v) is 17.5. The number of fused-ring (bicyclic) bond motifs is 1. The van der Waals surface area contributed by atoms with E-state index in [1.165, 1.54) is 17.5 Å². The Balaban J connectivity index is 1.38. The van der Waals surface area contributed by atoms with Crippen LogP contribution in [-0.2, 0) is 11.2 Å². The lowest BCUT2D eigenvalue weighted by Gasteiger charge is -2.16. The van der Waals surface area contributed by atoms with E-state index in [1.54, 1.807) is 4.52 Å². The molecule has 0 aliphatic carbocycles. The molecule has 152 valence electrons. The summed E-state index contributed by atoms with van der Waals surface area (Å²) in [5, 5.41) is 7.31. The summed E-state index contributed by atoms with van der Waals surface area (Å²) in [6.07, 6.45) is 2.51. The van der Waals surface area contributed by atoms with Gasteiger partial charge in [-0.05, 0) is 49.4 Å². The highest BCUT2D eigenvalue weighted by atomic mass is 16.1. The SMILES string of the molecule is Cc1nc2ncnn2c(C)c1CCC(=O)N[C@@H](C)c1ccc(-c2ccccc2)cc1. The Morgan fingerprint density at radius 1 is 1.03 bits per heavy atom. The molecule has 6 heteroatoms. The molecule has 1 N–H and O–H groups in total. The normalized spacial score (nSPS) is 12.1. The fourth-order valence-corrected chi connectivity index (χ4v) is 3.75. The largest absolute Gasteiger partial charge is 0.350 e. The Hall–Kier alpha value is -3.54. The summed E-state index contributed by atoms with van der Waals surface area (Å²) in [4.78, 5) is 21.2. The summed E-state index contributed by atoms with van der Waals surface area (Å²) >= 11 is 0. The van der Waals surface area contributed by atoms with Crippen LogP contribution in [0.4, 0.5) is 0 Å². The van der Waals surface area contributed by atoms with Crippen molar-refractivity contribution in [3.8, 4) is 11.1 Å². The quantitative estimate of drug-likeness (QED) is 0.527. The molecule has 1 amide bonds. The number of benzene rings is 2. The van der Waals surface area contributed by atoms with Gasteiger partial charge in [0.2, 0.25) is 5.91 Å². The van der Waals surface area contributed by atoms with Gasteiger partial charge in [0.05, 0.1) is 6.04 Å². The molecule has 30 heavy (non-hydrogen) atoms. The highest BCUT2D eigenvalue weighted by Crippen LogP contribution is 2.22. The lowest BCUT2D eigenvalue weighted by Crippen LogP contribution is -2.27. The van der Waals surface area contributed by atoms with E-state index in [0.29, 0.717) is 18.6 Å². The molecule has 4 rings (SSSR count). The van der Waals surface area contributed by atoms with Crippen molar-refractivity contribution in [1.82, 2.24) is 24.9 Å². The number of aromatic nitrogens is 4. The second kappa shape index (κ2) is 8.45. The van der Waals surface area contributed by atoms with Crippen LogP contribution in [0.2, 0.25) is 0 Å². The minimum atomic E-state index is -0.0552. The molecule has 2 aromatic heterocycles. The summed E-state index contributed by atoms with van der Waals surface area (Å²) in [5.41, 5.74) is 6.35. The first kappa shape index (κ1) is 19.8. The molecular weight excluding hydrogens is 374 g/mol. The van der Waals surface area contributed by atoms with Crippen LogP contribution in [0.15, 0.2) is 60.9 Å². The predicted molar refractivity (Wildman–Crippen MR) is 117 cm³/mol. The van der Waals surface area contributed by atoms with Crippen LogP contribution in [0.3, 0.4) is 0 Å². The molecule has 6 nitrogen and oxygen atoms in total. The van der Waals surface area contributed by atoms with E-state index in [4.69, 9.17) is 0 Å². The summed E-state index contributed by atoms with van der Waals surface area (Å²) in [5.74, 6) is 0.609. The van der Waals surface area contributed by atoms with Gasteiger partial charge in [0.15, 0.2) is 0 Å². The number of hydrogen-bond donors (Lipinski definition) is 1. The van der Waals surface area contributed by atoms with Crippen molar-refractivity contribution in [3.05, 3.63) is 83.4 Å². The van der Waals surface area contributed by atoms with E-state index in [2.05, 4.69) is 56.8 Å². The number of amides is 1. The van der Waals surface area contributed by atoms with Crippen LogP contribution in [-0.4, -0.2) is 25.5 Å². The molecule has 0 saturated carbocycles. The van der Waals surface area contributed by atoms with Crippen LogP contribution in [0.1, 0.15) is 41.9 Å². The van der Waals surface area contributed by atoms with Gasteiger partial charge < -0.3 is 5.32 Å². The predicted octanol–water partition coefficient (Wildman–Crippen LogP) is 4.22. The molecule has 0 radical (unpaired) electrons. The van der Waals surface area contributed by atoms with Crippen molar-refractivity contribution in [2.24, 2.45) is 0 Å². The highest BCUT2D eigenvalue weighted by Gasteiger charge is 2.14. The first-order valence-electron chi connectivity index (χ1n) is 10.1. The monoisotopic (exact) mass is 399 g/mol. The molecule has 0 aliphatic heterocycles. The zero-order valence-electron chi connectivity index (χ0n) is 17.5. The van der Waals surface area contributed by atoms with E-state index < -0.39 is 0 Å². The van der Waals surface area contributed by atoms with Crippen LogP contribution >= 0.6 is 0 Å². The highest BCUT2D eigenvalue weighted by molar-refractivity contribution is 5.76. The lowest BCUT2D eigenvalue weighted by molar-refractivity contribution is -0.121. The lowest BCUT2D eigenvalue weighted by atomic mass is 10.0.